The van der Waals surface area contributed by atoms with Crippen LogP contribution >= 0.6 is 0 Å². The summed E-state index contributed by atoms with van der Waals surface area (Å²) in [4.78, 5) is 35.0. The average molecular weight is 557 g/mol. The number of halogens is 3. The second-order valence-corrected chi connectivity index (χ2v) is 10.6. The maximum Gasteiger partial charge on any atom is 0.416 e. The van der Waals surface area contributed by atoms with Crippen molar-refractivity contribution in [1.29, 1.82) is 0 Å². The highest BCUT2D eigenvalue weighted by molar-refractivity contribution is 5.78. The summed E-state index contributed by atoms with van der Waals surface area (Å²) in [7, 11) is 0. The molecule has 214 valence electrons. The van der Waals surface area contributed by atoms with Gasteiger partial charge in [0.05, 0.1) is 24.6 Å². The number of rotatable bonds is 9. The van der Waals surface area contributed by atoms with Crippen LogP contribution < -0.4 is 10.2 Å². The van der Waals surface area contributed by atoms with Crippen LogP contribution in [0.15, 0.2) is 55.4 Å². The minimum Gasteiger partial charge on any atom is -0.353 e. The van der Waals surface area contributed by atoms with Gasteiger partial charge in [-0.05, 0) is 24.5 Å². The third-order valence-electron chi connectivity index (χ3n) is 8.07. The fourth-order valence-corrected chi connectivity index (χ4v) is 5.63. The van der Waals surface area contributed by atoms with Crippen molar-refractivity contribution in [2.24, 2.45) is 0 Å². The number of piperidine rings is 1. The molecule has 0 radical (unpaired) electrons. The lowest BCUT2D eigenvalue weighted by molar-refractivity contribution is -0.137. The van der Waals surface area contributed by atoms with Gasteiger partial charge >= 0.3 is 6.18 Å². The zero-order valence-electron chi connectivity index (χ0n) is 22.4. The summed E-state index contributed by atoms with van der Waals surface area (Å²) in [5.74, 6) is 0.909. The molecule has 9 nitrogen and oxygen atoms in total. The number of hydrogen-bond acceptors (Lipinski definition) is 7. The van der Waals surface area contributed by atoms with Crippen molar-refractivity contribution in [3.63, 3.8) is 0 Å². The number of carbonyl (C=O) groups excluding carboxylic acids is 1. The fourth-order valence-electron chi connectivity index (χ4n) is 5.63. The highest BCUT2D eigenvalue weighted by Crippen LogP contribution is 2.38. The van der Waals surface area contributed by atoms with E-state index in [4.69, 9.17) is 0 Å². The van der Waals surface area contributed by atoms with Gasteiger partial charge in [-0.3, -0.25) is 14.7 Å². The Morgan fingerprint density at radius 3 is 2.50 bits per heavy atom. The number of imidazole rings is 1. The largest absolute Gasteiger partial charge is 0.416 e. The first-order valence-corrected chi connectivity index (χ1v) is 13.7. The molecule has 1 aromatic carbocycles. The zero-order chi connectivity index (χ0) is 28.0. The summed E-state index contributed by atoms with van der Waals surface area (Å²) in [5.41, 5.74) is 0.539. The Kier molecular flexibility index (Phi) is 8.65. The molecule has 2 aliphatic heterocycles. The first-order valence-electron chi connectivity index (χ1n) is 13.7. The van der Waals surface area contributed by atoms with Crippen molar-refractivity contribution >= 4 is 11.7 Å². The molecule has 0 spiro atoms. The molecule has 5 rings (SSSR count). The third kappa shape index (κ3) is 6.79. The highest BCUT2D eigenvalue weighted by Gasteiger charge is 2.39. The molecule has 2 aromatic heterocycles. The lowest BCUT2D eigenvalue weighted by Crippen LogP contribution is -2.53. The van der Waals surface area contributed by atoms with Crippen molar-refractivity contribution in [2.75, 3.05) is 63.8 Å². The molecular formula is C28H35F3N8O. The fraction of sp³-hybridized carbons (Fsp3) is 0.500. The average Bonchev–Trinajstić information content (AvgIpc) is 3.50. The van der Waals surface area contributed by atoms with Crippen molar-refractivity contribution < 1.29 is 18.0 Å². The van der Waals surface area contributed by atoms with E-state index in [0.29, 0.717) is 51.1 Å². The summed E-state index contributed by atoms with van der Waals surface area (Å²) in [6.07, 6.45) is 6.00. The molecule has 0 saturated carbocycles. The summed E-state index contributed by atoms with van der Waals surface area (Å²) < 4.78 is 40.6. The van der Waals surface area contributed by atoms with Gasteiger partial charge in [0.25, 0.3) is 0 Å². The first-order chi connectivity index (χ1) is 19.3. The van der Waals surface area contributed by atoms with Gasteiger partial charge in [0, 0.05) is 88.5 Å². The molecule has 3 aromatic rings. The highest BCUT2D eigenvalue weighted by atomic mass is 19.4. The summed E-state index contributed by atoms with van der Waals surface area (Å²) in [6, 6.07) is 5.68. The van der Waals surface area contributed by atoms with E-state index in [-0.39, 0.29) is 5.91 Å². The number of hydrogen-bond donors (Lipinski definition) is 2. The minimum absolute atomic E-state index is 0.0674. The molecule has 2 aliphatic rings. The molecule has 40 heavy (non-hydrogen) atoms. The number of anilines is 1. The number of nitrogens with zero attached hydrogens (tertiary/aromatic N) is 6. The van der Waals surface area contributed by atoms with Crippen LogP contribution in [-0.4, -0.2) is 94.5 Å². The number of piperazine rings is 1. The predicted octanol–water partition coefficient (Wildman–Crippen LogP) is 2.73. The predicted molar refractivity (Wildman–Crippen MR) is 145 cm³/mol. The number of nitrogens with one attached hydrogen (secondary N) is 2. The Balaban J connectivity index is 1.19. The number of likely N-dealkylation sites (tertiary alicyclic amines) is 1. The SMILES string of the molecule is O=C(CN1CCN(c2cnccn2)CC1)N1CCC(CNCCc2cnc[nH]2)(c2cccc(C(F)(F)F)c2)CC1. The maximum atomic E-state index is 13.5. The number of amides is 1. The lowest BCUT2D eigenvalue weighted by atomic mass is 9.72. The van der Waals surface area contributed by atoms with Gasteiger partial charge in [-0.2, -0.15) is 13.2 Å². The van der Waals surface area contributed by atoms with Crippen molar-refractivity contribution in [3.05, 3.63) is 72.2 Å². The second kappa shape index (κ2) is 12.3. The Morgan fingerprint density at radius 1 is 1.02 bits per heavy atom. The Labute approximate surface area is 231 Å². The summed E-state index contributed by atoms with van der Waals surface area (Å²) in [5, 5.41) is 3.46. The van der Waals surface area contributed by atoms with Crippen LogP contribution in [-0.2, 0) is 22.8 Å². The van der Waals surface area contributed by atoms with Crippen LogP contribution in [0.25, 0.3) is 0 Å². The molecule has 2 fully saturated rings. The quantitative estimate of drug-likeness (QED) is 0.392. The molecular weight excluding hydrogens is 521 g/mol. The van der Waals surface area contributed by atoms with Crippen molar-refractivity contribution in [3.8, 4) is 0 Å². The Morgan fingerprint density at radius 2 is 1.82 bits per heavy atom. The summed E-state index contributed by atoms with van der Waals surface area (Å²) in [6.45, 7) is 5.63. The van der Waals surface area contributed by atoms with E-state index in [1.54, 1.807) is 37.2 Å². The maximum absolute atomic E-state index is 13.5. The zero-order valence-corrected chi connectivity index (χ0v) is 22.4. The van der Waals surface area contributed by atoms with Gasteiger partial charge in [0.15, 0.2) is 0 Å². The van der Waals surface area contributed by atoms with E-state index in [0.717, 1.165) is 50.2 Å². The van der Waals surface area contributed by atoms with Gasteiger partial charge in [-0.25, -0.2) is 9.97 Å². The van der Waals surface area contributed by atoms with Gasteiger partial charge in [0.1, 0.15) is 5.82 Å². The smallest absolute Gasteiger partial charge is 0.353 e. The van der Waals surface area contributed by atoms with Crippen LogP contribution in [0.1, 0.15) is 29.7 Å². The number of benzene rings is 1. The van der Waals surface area contributed by atoms with Gasteiger partial charge in [-0.1, -0.05) is 18.2 Å². The van der Waals surface area contributed by atoms with Crippen LogP contribution in [0.3, 0.4) is 0 Å². The molecule has 0 atom stereocenters. The van der Waals surface area contributed by atoms with Crippen molar-refractivity contribution in [2.45, 2.75) is 30.9 Å². The van der Waals surface area contributed by atoms with E-state index in [9.17, 15) is 18.0 Å². The number of carbonyl (C=O) groups is 1. The van der Waals surface area contributed by atoms with E-state index >= 15 is 0 Å². The summed E-state index contributed by atoms with van der Waals surface area (Å²) >= 11 is 0. The van der Waals surface area contributed by atoms with Crippen molar-refractivity contribution in [1.82, 2.24) is 35.1 Å². The van der Waals surface area contributed by atoms with E-state index in [1.165, 1.54) is 12.1 Å². The molecule has 2 N–H and O–H groups in total. The third-order valence-corrected chi connectivity index (χ3v) is 8.07. The van der Waals surface area contributed by atoms with Gasteiger partial charge in [-0.15, -0.1) is 0 Å². The lowest BCUT2D eigenvalue weighted by Gasteiger charge is -2.43. The van der Waals surface area contributed by atoms with Gasteiger partial charge < -0.3 is 20.1 Å². The molecule has 0 aliphatic carbocycles. The standard InChI is InChI=1S/C28H35F3N8O/c29-28(30,31)23-3-1-2-22(16-23)27(20-33-7-4-24-17-34-21-36-24)5-10-39(11-6-27)26(40)19-37-12-14-38(15-13-37)25-18-32-8-9-35-25/h1-3,8-9,16-18,21,33H,4-7,10-15,19-20H2,(H,34,36). The minimum atomic E-state index is -4.40. The molecule has 0 unspecified atom stereocenters. The molecule has 12 heteroatoms. The van der Waals surface area contributed by atoms with E-state index < -0.39 is 17.2 Å². The monoisotopic (exact) mass is 556 g/mol. The van der Waals surface area contributed by atoms with Crippen LogP contribution in [0, 0.1) is 0 Å². The number of aromatic nitrogens is 4. The molecule has 4 heterocycles. The van der Waals surface area contributed by atoms with Gasteiger partial charge in [0.2, 0.25) is 5.91 Å². The van der Waals surface area contributed by atoms with Crippen LogP contribution in [0.2, 0.25) is 0 Å². The Bertz CT molecular complexity index is 1220. The normalized spacial score (nSPS) is 18.2. The molecule has 1 amide bonds. The first kappa shape index (κ1) is 28.0. The molecule has 0 bridgehead atoms. The molecule has 2 saturated heterocycles. The number of aromatic amines is 1. The number of H-pyrrole nitrogens is 1. The second-order valence-electron chi connectivity index (χ2n) is 10.6. The van der Waals surface area contributed by atoms with E-state index in [1.807, 2.05) is 4.90 Å². The van der Waals surface area contributed by atoms with Crippen LogP contribution in [0.4, 0.5) is 19.0 Å². The van der Waals surface area contributed by atoms with E-state index in [2.05, 4.69) is 35.1 Å². The topological polar surface area (TPSA) is 93.3 Å². The number of alkyl halides is 3. The Hall–Kier alpha value is -3.51. The van der Waals surface area contributed by atoms with Crippen LogP contribution in [0.5, 0.6) is 0 Å².